The largest absolute Gasteiger partial charge is 0.380 e. The van der Waals surface area contributed by atoms with E-state index in [4.69, 9.17) is 10.5 Å². The van der Waals surface area contributed by atoms with Gasteiger partial charge in [-0.15, -0.1) is 10.2 Å². The van der Waals surface area contributed by atoms with Crippen LogP contribution < -0.4 is 11.1 Å². The molecule has 8 heteroatoms. The van der Waals surface area contributed by atoms with E-state index in [9.17, 15) is 4.79 Å². The van der Waals surface area contributed by atoms with E-state index in [1.165, 1.54) is 24.0 Å². The fourth-order valence-corrected chi connectivity index (χ4v) is 3.40. The van der Waals surface area contributed by atoms with Crippen molar-refractivity contribution in [3.63, 3.8) is 0 Å². The minimum absolute atomic E-state index is 0.173. The Morgan fingerprint density at radius 3 is 2.86 bits per heavy atom. The van der Waals surface area contributed by atoms with Gasteiger partial charge in [0.2, 0.25) is 11.0 Å². The van der Waals surface area contributed by atoms with Crippen LogP contribution in [0.5, 0.6) is 0 Å². The van der Waals surface area contributed by atoms with Gasteiger partial charge >= 0.3 is 0 Å². The van der Waals surface area contributed by atoms with Crippen molar-refractivity contribution in [2.45, 2.75) is 22.6 Å². The summed E-state index contributed by atoms with van der Waals surface area (Å²) in [4.78, 5) is 11.8. The highest BCUT2D eigenvalue weighted by atomic mass is 32.2. The van der Waals surface area contributed by atoms with Crippen molar-refractivity contribution >= 4 is 34.1 Å². The van der Waals surface area contributed by atoms with Crippen molar-refractivity contribution in [1.29, 1.82) is 0 Å². The molecule has 0 saturated carbocycles. The second kappa shape index (κ2) is 8.84. The number of nitrogens with one attached hydrogen (secondary N) is 1. The second-order valence-electron chi connectivity index (χ2n) is 4.49. The van der Waals surface area contributed by atoms with E-state index >= 15 is 0 Å². The van der Waals surface area contributed by atoms with Gasteiger partial charge in [0.1, 0.15) is 0 Å². The molecule has 0 bridgehead atoms. The van der Waals surface area contributed by atoms with Gasteiger partial charge < -0.3 is 15.8 Å². The lowest BCUT2D eigenvalue weighted by Gasteiger charge is -2.11. The van der Waals surface area contributed by atoms with Gasteiger partial charge in [-0.25, -0.2) is 0 Å². The van der Waals surface area contributed by atoms with Gasteiger partial charge in [-0.3, -0.25) is 4.79 Å². The van der Waals surface area contributed by atoms with E-state index in [0.717, 1.165) is 10.1 Å². The molecule has 1 heterocycles. The molecule has 0 aliphatic carbocycles. The molecule has 3 N–H and O–H groups in total. The number of nitrogens with zero attached hydrogens (tertiary/aromatic N) is 2. The number of amides is 1. The Balaban J connectivity index is 1.82. The van der Waals surface area contributed by atoms with Crippen LogP contribution in [0.15, 0.2) is 34.7 Å². The molecule has 1 aromatic carbocycles. The van der Waals surface area contributed by atoms with Crippen LogP contribution in [0.3, 0.4) is 0 Å². The maximum Gasteiger partial charge on any atom is 0.228 e. The first-order chi connectivity index (χ1) is 10.7. The van der Waals surface area contributed by atoms with Crippen molar-refractivity contribution in [3.8, 4) is 0 Å². The van der Waals surface area contributed by atoms with Crippen LogP contribution in [0.4, 0.5) is 5.13 Å². The Morgan fingerprint density at radius 2 is 2.18 bits per heavy atom. The minimum Gasteiger partial charge on any atom is -0.380 e. The van der Waals surface area contributed by atoms with Crippen LogP contribution in [0, 0.1) is 0 Å². The van der Waals surface area contributed by atoms with Gasteiger partial charge in [-0.1, -0.05) is 53.4 Å². The van der Waals surface area contributed by atoms with Gasteiger partial charge in [0.25, 0.3) is 0 Å². The highest BCUT2D eigenvalue weighted by Gasteiger charge is 2.13. The number of nitrogens with two attached hydrogens (primary N) is 1. The highest BCUT2D eigenvalue weighted by Crippen LogP contribution is 2.28. The molecule has 22 heavy (non-hydrogen) atoms. The molecule has 0 fully saturated rings. The number of carbonyl (C=O) groups is 1. The van der Waals surface area contributed by atoms with E-state index in [0.29, 0.717) is 11.7 Å². The predicted octanol–water partition coefficient (Wildman–Crippen LogP) is 2.13. The quantitative estimate of drug-likeness (QED) is 0.566. The maximum absolute atomic E-state index is 11.8. The Labute approximate surface area is 137 Å². The molecule has 1 atom stereocenters. The zero-order valence-electron chi connectivity index (χ0n) is 12.2. The number of ether oxygens (including phenoxy) is 1. The summed E-state index contributed by atoms with van der Waals surface area (Å²) in [5.41, 5.74) is 6.71. The van der Waals surface area contributed by atoms with E-state index in [-0.39, 0.29) is 18.4 Å². The lowest BCUT2D eigenvalue weighted by molar-refractivity contribution is -0.118. The number of hydrogen-bond donors (Lipinski definition) is 2. The Hall–Kier alpha value is -1.48. The van der Waals surface area contributed by atoms with Crippen molar-refractivity contribution in [3.05, 3.63) is 35.9 Å². The van der Waals surface area contributed by atoms with Crippen LogP contribution in [0.25, 0.3) is 0 Å². The third-order valence-electron chi connectivity index (χ3n) is 2.87. The van der Waals surface area contributed by atoms with Crippen LogP contribution >= 0.6 is 23.1 Å². The average molecular weight is 338 g/mol. The summed E-state index contributed by atoms with van der Waals surface area (Å²) in [6, 6.07) is 10.1. The molecule has 0 radical (unpaired) electrons. The molecular weight excluding hydrogens is 320 g/mol. The number of aromatic nitrogens is 2. The Bertz CT molecular complexity index is 588. The third-order valence-corrected chi connectivity index (χ3v) is 4.91. The number of anilines is 1. The number of carbonyl (C=O) groups excluding carboxylic acids is 1. The van der Waals surface area contributed by atoms with Gasteiger partial charge in [-0.2, -0.15) is 0 Å². The minimum atomic E-state index is -0.278. The molecule has 0 spiro atoms. The molecule has 1 unspecified atom stereocenters. The molecule has 118 valence electrons. The first-order valence-corrected chi connectivity index (χ1v) is 8.54. The van der Waals surface area contributed by atoms with Crippen molar-refractivity contribution in [2.75, 3.05) is 19.0 Å². The van der Waals surface area contributed by atoms with E-state index < -0.39 is 0 Å². The molecular formula is C14H18N4O2S2. The summed E-state index contributed by atoms with van der Waals surface area (Å²) < 4.78 is 5.90. The topological polar surface area (TPSA) is 90.1 Å². The predicted molar refractivity (Wildman–Crippen MR) is 89.0 cm³/mol. The molecule has 0 saturated heterocycles. The summed E-state index contributed by atoms with van der Waals surface area (Å²) in [6.45, 7) is 0.304. The normalized spacial score (nSPS) is 12.1. The van der Waals surface area contributed by atoms with Crippen LogP contribution in [-0.2, 0) is 15.3 Å². The molecule has 2 rings (SSSR count). The molecule has 6 nitrogen and oxygen atoms in total. The van der Waals surface area contributed by atoms with Gasteiger partial charge in [0.05, 0.1) is 12.5 Å². The smallest absolute Gasteiger partial charge is 0.228 e. The van der Waals surface area contributed by atoms with Gasteiger partial charge in [0, 0.05) is 19.4 Å². The molecule has 0 aliphatic rings. The van der Waals surface area contributed by atoms with Crippen LogP contribution in [0.2, 0.25) is 0 Å². The molecule has 1 amide bonds. The third kappa shape index (κ3) is 5.38. The van der Waals surface area contributed by atoms with Gasteiger partial charge in [-0.05, 0) is 5.56 Å². The standard InChI is InChI=1S/C14H18N4O2S2/c1-20-11(8-15)7-12(19)16-13-17-18-14(22-13)21-9-10-5-3-2-4-6-10/h2-6,11H,7-9,15H2,1H3,(H,16,17,19). The van der Waals surface area contributed by atoms with Gasteiger partial charge in [0.15, 0.2) is 4.34 Å². The fourth-order valence-electron chi connectivity index (χ4n) is 1.68. The second-order valence-corrected chi connectivity index (χ2v) is 6.69. The maximum atomic E-state index is 11.8. The van der Waals surface area contributed by atoms with Crippen molar-refractivity contribution < 1.29 is 9.53 Å². The summed E-state index contributed by atoms with van der Waals surface area (Å²) in [6.07, 6.45) is -0.0705. The van der Waals surface area contributed by atoms with E-state index in [2.05, 4.69) is 27.6 Å². The zero-order chi connectivity index (χ0) is 15.8. The first-order valence-electron chi connectivity index (χ1n) is 6.74. The zero-order valence-corrected chi connectivity index (χ0v) is 13.8. The van der Waals surface area contributed by atoms with Crippen LogP contribution in [0.1, 0.15) is 12.0 Å². The number of thioether (sulfide) groups is 1. The van der Waals surface area contributed by atoms with Crippen molar-refractivity contribution in [1.82, 2.24) is 10.2 Å². The molecule has 2 aromatic rings. The highest BCUT2D eigenvalue weighted by molar-refractivity contribution is 8.00. The van der Waals surface area contributed by atoms with Crippen molar-refractivity contribution in [2.24, 2.45) is 5.73 Å². The monoisotopic (exact) mass is 338 g/mol. The first kappa shape index (κ1) is 16.9. The van der Waals surface area contributed by atoms with E-state index in [1.54, 1.807) is 11.8 Å². The molecule has 1 aromatic heterocycles. The number of benzene rings is 1. The Kier molecular flexibility index (Phi) is 6.78. The number of rotatable bonds is 8. The average Bonchev–Trinajstić information content (AvgIpc) is 2.99. The van der Waals surface area contributed by atoms with E-state index in [1.807, 2.05) is 18.2 Å². The lowest BCUT2D eigenvalue weighted by atomic mass is 10.2. The SMILES string of the molecule is COC(CN)CC(=O)Nc1nnc(SCc2ccccc2)s1. The summed E-state index contributed by atoms with van der Waals surface area (Å²) in [7, 11) is 1.54. The summed E-state index contributed by atoms with van der Waals surface area (Å²) in [5.74, 6) is 0.649. The summed E-state index contributed by atoms with van der Waals surface area (Å²) >= 11 is 2.95. The Morgan fingerprint density at radius 1 is 1.41 bits per heavy atom. The lowest BCUT2D eigenvalue weighted by Crippen LogP contribution is -2.28. The fraction of sp³-hybridized carbons (Fsp3) is 0.357. The van der Waals surface area contributed by atoms with Crippen LogP contribution in [-0.4, -0.2) is 35.9 Å². The summed E-state index contributed by atoms with van der Waals surface area (Å²) in [5, 5.41) is 11.2. The number of hydrogen-bond acceptors (Lipinski definition) is 7. The number of methoxy groups -OCH3 is 1. The molecule has 0 aliphatic heterocycles.